The van der Waals surface area contributed by atoms with E-state index in [1.807, 2.05) is 79.0 Å². The normalized spacial score (nSPS) is 13.9. The molecule has 0 radical (unpaired) electrons. The molecule has 1 amide bonds. The van der Waals surface area contributed by atoms with Crippen LogP contribution in [0.5, 0.6) is 0 Å². The zero-order valence-electron chi connectivity index (χ0n) is 17.7. The van der Waals surface area contributed by atoms with Crippen LogP contribution in [0.25, 0.3) is 0 Å². The van der Waals surface area contributed by atoms with Gasteiger partial charge in [0.2, 0.25) is 5.91 Å². The number of benzene rings is 2. The molecule has 0 bridgehead atoms. The number of pyridine rings is 1. The number of rotatable bonds is 8. The molecule has 1 aliphatic rings. The van der Waals surface area contributed by atoms with Gasteiger partial charge in [0, 0.05) is 31.4 Å². The lowest BCUT2D eigenvalue weighted by Gasteiger charge is -2.29. The standard InChI is InChI=1S/C26H29N3O2/c30-24(28-19-23-15-10-16-27-26(23)29-17-8-3-9-18-29)20-31-25(21-11-4-1-5-12-21)22-13-6-2-7-14-22/h1-2,4-7,10-16,25H,3,8-9,17-20H2,(H,28,30). The quantitative estimate of drug-likeness (QED) is 0.589. The Bertz CT molecular complexity index is 917. The molecule has 0 unspecified atom stereocenters. The summed E-state index contributed by atoms with van der Waals surface area (Å²) >= 11 is 0. The van der Waals surface area contributed by atoms with Crippen molar-refractivity contribution in [2.75, 3.05) is 24.6 Å². The Kier molecular flexibility index (Phi) is 7.29. The smallest absolute Gasteiger partial charge is 0.246 e. The zero-order chi connectivity index (χ0) is 21.3. The average molecular weight is 416 g/mol. The molecule has 0 aliphatic carbocycles. The van der Waals surface area contributed by atoms with E-state index in [1.165, 1.54) is 19.3 Å². The van der Waals surface area contributed by atoms with E-state index in [9.17, 15) is 4.79 Å². The van der Waals surface area contributed by atoms with Crippen molar-refractivity contribution in [1.82, 2.24) is 10.3 Å². The van der Waals surface area contributed by atoms with Gasteiger partial charge < -0.3 is 15.0 Å². The van der Waals surface area contributed by atoms with Gasteiger partial charge in [0.15, 0.2) is 0 Å². The molecule has 31 heavy (non-hydrogen) atoms. The van der Waals surface area contributed by atoms with Crippen molar-refractivity contribution in [1.29, 1.82) is 0 Å². The Balaban J connectivity index is 1.37. The zero-order valence-corrected chi connectivity index (χ0v) is 17.7. The Hall–Kier alpha value is -3.18. The first-order valence-corrected chi connectivity index (χ1v) is 11.0. The van der Waals surface area contributed by atoms with E-state index in [1.54, 1.807) is 0 Å². The van der Waals surface area contributed by atoms with Crippen molar-refractivity contribution >= 4 is 11.7 Å². The Labute approximate surface area is 184 Å². The van der Waals surface area contributed by atoms with Gasteiger partial charge in [0.05, 0.1) is 0 Å². The first-order valence-electron chi connectivity index (χ1n) is 11.0. The lowest BCUT2D eigenvalue weighted by molar-refractivity contribution is -0.127. The molecule has 3 aromatic rings. The van der Waals surface area contributed by atoms with Gasteiger partial charge in [-0.25, -0.2) is 4.98 Å². The van der Waals surface area contributed by atoms with Gasteiger partial charge in [-0.05, 0) is 36.5 Å². The molecule has 160 valence electrons. The molecule has 5 nitrogen and oxygen atoms in total. The number of piperidine rings is 1. The number of carbonyl (C=O) groups excluding carboxylic acids is 1. The van der Waals surface area contributed by atoms with E-state index in [4.69, 9.17) is 4.74 Å². The van der Waals surface area contributed by atoms with Gasteiger partial charge in [-0.2, -0.15) is 0 Å². The van der Waals surface area contributed by atoms with Crippen molar-refractivity contribution in [3.63, 3.8) is 0 Å². The Morgan fingerprint density at radius 2 is 1.55 bits per heavy atom. The minimum atomic E-state index is -0.282. The summed E-state index contributed by atoms with van der Waals surface area (Å²) in [6.07, 6.45) is 5.20. The third-order valence-electron chi connectivity index (χ3n) is 5.58. The van der Waals surface area contributed by atoms with Crippen LogP contribution in [0.2, 0.25) is 0 Å². The largest absolute Gasteiger partial charge is 0.359 e. The molecule has 1 fully saturated rings. The number of hydrogen-bond acceptors (Lipinski definition) is 4. The van der Waals surface area contributed by atoms with Crippen molar-refractivity contribution in [3.05, 3.63) is 95.7 Å². The van der Waals surface area contributed by atoms with Crippen LogP contribution < -0.4 is 10.2 Å². The van der Waals surface area contributed by atoms with Crippen molar-refractivity contribution in [2.45, 2.75) is 31.9 Å². The predicted octanol–water partition coefficient (Wildman–Crippen LogP) is 4.49. The number of amides is 1. The lowest BCUT2D eigenvalue weighted by Crippen LogP contribution is -2.33. The molecule has 1 N–H and O–H groups in total. The summed E-state index contributed by atoms with van der Waals surface area (Å²) in [6.45, 7) is 2.49. The van der Waals surface area contributed by atoms with E-state index in [0.29, 0.717) is 6.54 Å². The van der Waals surface area contributed by atoms with E-state index >= 15 is 0 Å². The molecular weight excluding hydrogens is 386 g/mol. The van der Waals surface area contributed by atoms with Gasteiger partial charge >= 0.3 is 0 Å². The van der Waals surface area contributed by atoms with Crippen LogP contribution in [0.1, 0.15) is 42.1 Å². The molecule has 0 spiro atoms. The maximum atomic E-state index is 12.6. The van der Waals surface area contributed by atoms with Crippen LogP contribution >= 0.6 is 0 Å². The fraction of sp³-hybridized carbons (Fsp3) is 0.308. The van der Waals surface area contributed by atoms with Crippen molar-refractivity contribution in [3.8, 4) is 0 Å². The first-order chi connectivity index (χ1) is 15.3. The molecule has 2 heterocycles. The van der Waals surface area contributed by atoms with E-state index in [-0.39, 0.29) is 18.6 Å². The van der Waals surface area contributed by atoms with Gasteiger partial charge in [0.1, 0.15) is 18.5 Å². The van der Waals surface area contributed by atoms with E-state index in [0.717, 1.165) is 35.6 Å². The topological polar surface area (TPSA) is 54.5 Å². The maximum Gasteiger partial charge on any atom is 0.246 e. The number of ether oxygens (including phenoxy) is 1. The second-order valence-electron chi connectivity index (χ2n) is 7.82. The fourth-order valence-corrected chi connectivity index (χ4v) is 4.00. The predicted molar refractivity (Wildman–Crippen MR) is 123 cm³/mol. The summed E-state index contributed by atoms with van der Waals surface area (Å²) in [4.78, 5) is 19.5. The number of aromatic nitrogens is 1. The molecule has 2 aromatic carbocycles. The van der Waals surface area contributed by atoms with E-state index in [2.05, 4.69) is 15.2 Å². The monoisotopic (exact) mass is 415 g/mol. The van der Waals surface area contributed by atoms with Crippen molar-refractivity contribution in [2.24, 2.45) is 0 Å². The summed E-state index contributed by atoms with van der Waals surface area (Å²) in [5, 5.41) is 3.01. The minimum Gasteiger partial charge on any atom is -0.359 e. The maximum absolute atomic E-state index is 12.6. The summed E-state index contributed by atoms with van der Waals surface area (Å²) < 4.78 is 6.07. The second kappa shape index (κ2) is 10.7. The molecule has 4 rings (SSSR count). The number of nitrogens with one attached hydrogen (secondary N) is 1. The van der Waals surface area contributed by atoms with E-state index < -0.39 is 0 Å². The summed E-state index contributed by atoms with van der Waals surface area (Å²) in [5.74, 6) is 0.847. The molecule has 1 aromatic heterocycles. The molecular formula is C26H29N3O2. The number of carbonyl (C=O) groups is 1. The van der Waals surface area contributed by atoms with Crippen LogP contribution in [0.4, 0.5) is 5.82 Å². The van der Waals surface area contributed by atoms with Crippen LogP contribution in [-0.4, -0.2) is 30.6 Å². The van der Waals surface area contributed by atoms with Gasteiger partial charge in [-0.15, -0.1) is 0 Å². The number of anilines is 1. The van der Waals surface area contributed by atoms with Gasteiger partial charge in [-0.1, -0.05) is 66.7 Å². The first kappa shape index (κ1) is 21.1. The third-order valence-corrected chi connectivity index (χ3v) is 5.58. The highest BCUT2D eigenvalue weighted by Crippen LogP contribution is 2.26. The number of hydrogen-bond donors (Lipinski definition) is 1. The fourth-order valence-electron chi connectivity index (χ4n) is 4.00. The Morgan fingerprint density at radius 3 is 2.19 bits per heavy atom. The SMILES string of the molecule is O=C(COC(c1ccccc1)c1ccccc1)NCc1cccnc1N1CCCCC1. The lowest BCUT2D eigenvalue weighted by atomic mass is 10.0. The van der Waals surface area contributed by atoms with Gasteiger partial charge in [-0.3, -0.25) is 4.79 Å². The highest BCUT2D eigenvalue weighted by molar-refractivity contribution is 5.77. The second-order valence-corrected chi connectivity index (χ2v) is 7.82. The summed E-state index contributed by atoms with van der Waals surface area (Å²) in [5.41, 5.74) is 3.10. The van der Waals surface area contributed by atoms with Crippen LogP contribution in [0.3, 0.4) is 0 Å². The molecule has 1 aliphatic heterocycles. The molecule has 0 saturated carbocycles. The van der Waals surface area contributed by atoms with Crippen LogP contribution in [-0.2, 0) is 16.1 Å². The highest BCUT2D eigenvalue weighted by atomic mass is 16.5. The van der Waals surface area contributed by atoms with Crippen LogP contribution in [0.15, 0.2) is 79.0 Å². The summed E-state index contributed by atoms with van der Waals surface area (Å²) in [7, 11) is 0. The van der Waals surface area contributed by atoms with Crippen molar-refractivity contribution < 1.29 is 9.53 Å². The Morgan fingerprint density at radius 1 is 0.903 bits per heavy atom. The number of nitrogens with zero attached hydrogens (tertiary/aromatic N) is 2. The van der Waals surface area contributed by atoms with Crippen LogP contribution in [0, 0.1) is 0 Å². The third kappa shape index (κ3) is 5.70. The average Bonchev–Trinajstić information content (AvgIpc) is 2.85. The van der Waals surface area contributed by atoms with Gasteiger partial charge in [0.25, 0.3) is 0 Å². The molecule has 0 atom stereocenters. The minimum absolute atomic E-state index is 0.00619. The molecule has 5 heteroatoms. The molecule has 1 saturated heterocycles. The highest BCUT2D eigenvalue weighted by Gasteiger charge is 2.18. The summed E-state index contributed by atoms with van der Waals surface area (Å²) in [6, 6.07) is 24.0.